The van der Waals surface area contributed by atoms with Gasteiger partial charge in [-0.25, -0.2) is 13.6 Å². The molecule has 7 nitrogen and oxygen atoms in total. The minimum atomic E-state index is -2.08. The second-order valence-electron chi connectivity index (χ2n) is 4.51. The summed E-state index contributed by atoms with van der Waals surface area (Å²) in [6.07, 6.45) is -7.41. The zero-order valence-corrected chi connectivity index (χ0v) is 10.8. The molecule has 0 radical (unpaired) electrons. The maximum atomic E-state index is 13.9. The van der Waals surface area contributed by atoms with Crippen LogP contribution in [0.2, 0.25) is 0 Å². The number of nitrogens with one attached hydrogen (secondary N) is 1. The van der Waals surface area contributed by atoms with Crippen LogP contribution in [0, 0.1) is 0 Å². The van der Waals surface area contributed by atoms with Gasteiger partial charge in [0.15, 0.2) is 6.23 Å². The van der Waals surface area contributed by atoms with Gasteiger partial charge in [0.2, 0.25) is 6.17 Å². The number of hydrogen-bond donors (Lipinski definition) is 2. The van der Waals surface area contributed by atoms with Gasteiger partial charge in [-0.3, -0.25) is 15.0 Å². The lowest BCUT2D eigenvalue weighted by Crippen LogP contribution is -2.65. The normalized spacial score (nSPS) is 38.2. The van der Waals surface area contributed by atoms with E-state index in [0.29, 0.717) is 0 Å². The number of amides is 3. The van der Waals surface area contributed by atoms with Crippen molar-refractivity contribution in [3.63, 3.8) is 0 Å². The number of imide groups is 1. The molecule has 2 saturated heterocycles. The Hall–Kier alpha value is -1.32. The number of halogens is 2. The molecule has 0 saturated carbocycles. The number of carbonyl (C=O) groups is 2. The Bertz CT molecular complexity index is 397. The predicted octanol–water partition coefficient (Wildman–Crippen LogP) is -0.316. The van der Waals surface area contributed by atoms with E-state index in [0.717, 1.165) is 4.90 Å². The molecule has 9 heteroatoms. The predicted molar refractivity (Wildman–Crippen MR) is 60.9 cm³/mol. The standard InChI is InChI=1S/C11H16F2N2O5/c1-2-19-10-8(13)9(17)14-11(18)15(10)7-3-5(12)6(4-16)20-7/h5-8,10,16H,2-4H2,1H3,(H,14,17,18)/t5?,6-,7-,8?,10?/m1/s1. The van der Waals surface area contributed by atoms with E-state index in [2.05, 4.69) is 0 Å². The molecule has 0 spiro atoms. The molecule has 5 atom stereocenters. The van der Waals surface area contributed by atoms with Crippen molar-refractivity contribution in [3.05, 3.63) is 0 Å². The Morgan fingerprint density at radius 2 is 2.20 bits per heavy atom. The van der Waals surface area contributed by atoms with Gasteiger partial charge >= 0.3 is 6.03 Å². The lowest BCUT2D eigenvalue weighted by atomic mass is 10.1. The Morgan fingerprint density at radius 3 is 2.75 bits per heavy atom. The highest BCUT2D eigenvalue weighted by atomic mass is 19.1. The van der Waals surface area contributed by atoms with E-state index in [1.807, 2.05) is 5.32 Å². The first-order valence-corrected chi connectivity index (χ1v) is 6.28. The summed E-state index contributed by atoms with van der Waals surface area (Å²) in [6.45, 7) is 1.09. The first kappa shape index (κ1) is 15.1. The van der Waals surface area contributed by atoms with Crippen molar-refractivity contribution < 1.29 is 33.0 Å². The largest absolute Gasteiger partial charge is 0.394 e. The molecule has 2 fully saturated rings. The van der Waals surface area contributed by atoms with Crippen LogP contribution in [0.1, 0.15) is 13.3 Å². The van der Waals surface area contributed by atoms with E-state index >= 15 is 0 Å². The van der Waals surface area contributed by atoms with Crippen LogP contribution in [-0.2, 0) is 14.3 Å². The topological polar surface area (TPSA) is 88.1 Å². The van der Waals surface area contributed by atoms with E-state index < -0.39 is 49.4 Å². The molecular weight excluding hydrogens is 278 g/mol. The fourth-order valence-corrected chi connectivity index (χ4v) is 2.28. The second kappa shape index (κ2) is 5.98. The molecule has 2 rings (SSSR count). The SMILES string of the molecule is CCOC1C(F)C(=O)NC(=O)N1[C@H]1CC(F)[C@@H](CO)O1. The van der Waals surface area contributed by atoms with Gasteiger partial charge in [-0.2, -0.15) is 0 Å². The monoisotopic (exact) mass is 294 g/mol. The van der Waals surface area contributed by atoms with Crippen molar-refractivity contribution >= 4 is 11.9 Å². The summed E-state index contributed by atoms with van der Waals surface area (Å²) < 4.78 is 37.7. The third kappa shape index (κ3) is 2.60. The summed E-state index contributed by atoms with van der Waals surface area (Å²) >= 11 is 0. The third-order valence-electron chi connectivity index (χ3n) is 3.23. The Balaban J connectivity index is 2.18. The summed E-state index contributed by atoms with van der Waals surface area (Å²) in [6, 6.07) is -0.905. The molecule has 0 aromatic rings. The average Bonchev–Trinajstić information content (AvgIpc) is 2.76. The lowest BCUT2D eigenvalue weighted by molar-refractivity contribution is -0.169. The fourth-order valence-electron chi connectivity index (χ4n) is 2.28. The number of nitrogens with zero attached hydrogens (tertiary/aromatic N) is 1. The van der Waals surface area contributed by atoms with Crippen LogP contribution in [0.4, 0.5) is 13.6 Å². The van der Waals surface area contributed by atoms with Crippen molar-refractivity contribution in [1.29, 1.82) is 0 Å². The van der Waals surface area contributed by atoms with Crippen molar-refractivity contribution in [1.82, 2.24) is 10.2 Å². The van der Waals surface area contributed by atoms with Crippen LogP contribution in [0.25, 0.3) is 0 Å². The van der Waals surface area contributed by atoms with Crippen molar-refractivity contribution in [3.8, 4) is 0 Å². The summed E-state index contributed by atoms with van der Waals surface area (Å²) in [7, 11) is 0. The molecule has 0 bridgehead atoms. The van der Waals surface area contributed by atoms with Gasteiger partial charge in [0, 0.05) is 13.0 Å². The number of rotatable bonds is 4. The molecular formula is C11H16F2N2O5. The number of hydrogen-bond acceptors (Lipinski definition) is 5. The van der Waals surface area contributed by atoms with Gasteiger partial charge in [0.25, 0.3) is 5.91 Å². The minimum Gasteiger partial charge on any atom is -0.394 e. The van der Waals surface area contributed by atoms with Gasteiger partial charge in [-0.15, -0.1) is 0 Å². The highest BCUT2D eigenvalue weighted by molar-refractivity contribution is 5.99. The van der Waals surface area contributed by atoms with E-state index in [1.165, 1.54) is 0 Å². The summed E-state index contributed by atoms with van der Waals surface area (Å²) in [5.74, 6) is -1.10. The van der Waals surface area contributed by atoms with E-state index in [4.69, 9.17) is 14.6 Å². The van der Waals surface area contributed by atoms with Crippen molar-refractivity contribution in [2.75, 3.05) is 13.2 Å². The van der Waals surface area contributed by atoms with Crippen LogP contribution >= 0.6 is 0 Å². The Labute approximate surface area is 113 Å². The number of alkyl halides is 2. The highest BCUT2D eigenvalue weighted by Gasteiger charge is 2.49. The average molecular weight is 294 g/mol. The summed E-state index contributed by atoms with van der Waals surface area (Å²) in [4.78, 5) is 23.9. The van der Waals surface area contributed by atoms with Gasteiger partial charge < -0.3 is 14.6 Å². The molecule has 3 amide bonds. The van der Waals surface area contributed by atoms with Crippen LogP contribution in [0.5, 0.6) is 0 Å². The maximum absolute atomic E-state index is 13.9. The molecule has 2 aliphatic rings. The van der Waals surface area contributed by atoms with Gasteiger partial charge in [0.1, 0.15) is 18.5 Å². The van der Waals surface area contributed by atoms with Gasteiger partial charge in [-0.05, 0) is 6.92 Å². The summed E-state index contributed by atoms with van der Waals surface area (Å²) in [5, 5.41) is 10.8. The number of aliphatic hydroxyl groups excluding tert-OH is 1. The molecule has 20 heavy (non-hydrogen) atoms. The van der Waals surface area contributed by atoms with Crippen molar-refractivity contribution in [2.45, 2.75) is 44.2 Å². The molecule has 0 aromatic carbocycles. The molecule has 2 aliphatic heterocycles. The van der Waals surface area contributed by atoms with Gasteiger partial charge in [0.05, 0.1) is 6.61 Å². The maximum Gasteiger partial charge on any atom is 0.328 e. The van der Waals surface area contributed by atoms with E-state index in [9.17, 15) is 18.4 Å². The van der Waals surface area contributed by atoms with Crippen LogP contribution in [0.3, 0.4) is 0 Å². The number of aliphatic hydroxyl groups is 1. The third-order valence-corrected chi connectivity index (χ3v) is 3.23. The van der Waals surface area contributed by atoms with Crippen LogP contribution in [-0.4, -0.2) is 66.1 Å². The van der Waals surface area contributed by atoms with Crippen molar-refractivity contribution in [2.24, 2.45) is 0 Å². The first-order valence-electron chi connectivity index (χ1n) is 6.28. The lowest BCUT2D eigenvalue weighted by Gasteiger charge is -2.39. The second-order valence-corrected chi connectivity index (χ2v) is 4.51. The smallest absolute Gasteiger partial charge is 0.328 e. The van der Waals surface area contributed by atoms with Crippen LogP contribution in [0.15, 0.2) is 0 Å². The number of urea groups is 1. The zero-order valence-electron chi connectivity index (χ0n) is 10.8. The number of ether oxygens (including phenoxy) is 2. The van der Waals surface area contributed by atoms with Crippen LogP contribution < -0.4 is 5.32 Å². The molecule has 114 valence electrons. The van der Waals surface area contributed by atoms with E-state index in [1.54, 1.807) is 6.92 Å². The molecule has 3 unspecified atom stereocenters. The number of carbonyl (C=O) groups excluding carboxylic acids is 2. The minimum absolute atomic E-state index is 0.0668. The summed E-state index contributed by atoms with van der Waals surface area (Å²) in [5.41, 5.74) is 0. The molecule has 0 aromatic heterocycles. The fraction of sp³-hybridized carbons (Fsp3) is 0.818. The molecule has 2 N–H and O–H groups in total. The molecule has 2 heterocycles. The van der Waals surface area contributed by atoms with E-state index in [-0.39, 0.29) is 13.0 Å². The Morgan fingerprint density at radius 1 is 1.50 bits per heavy atom. The first-order chi connectivity index (χ1) is 9.49. The molecule has 0 aliphatic carbocycles. The highest BCUT2D eigenvalue weighted by Crippen LogP contribution is 2.30. The Kier molecular flexibility index (Phi) is 4.51. The van der Waals surface area contributed by atoms with Gasteiger partial charge in [-0.1, -0.05) is 0 Å². The zero-order chi connectivity index (χ0) is 14.9. The quantitative estimate of drug-likeness (QED) is 0.742.